The van der Waals surface area contributed by atoms with E-state index in [1.165, 1.54) is 22.9 Å². The topological polar surface area (TPSA) is 138 Å². The Balaban J connectivity index is 1.27. The fourth-order valence-corrected chi connectivity index (χ4v) is 21.9. The normalized spacial score (nSPS) is 38.2. The molecule has 372 valence electrons. The summed E-state index contributed by atoms with van der Waals surface area (Å²) in [6.45, 7) is 35.9. The zero-order valence-electron chi connectivity index (χ0n) is 44.0. The molecule has 0 radical (unpaired) electrons. The first-order valence-electron chi connectivity index (χ1n) is 25.4. The van der Waals surface area contributed by atoms with Gasteiger partial charge in [0.05, 0.1) is 23.7 Å². The molecule has 14 heteroatoms. The van der Waals surface area contributed by atoms with E-state index in [1.807, 2.05) is 0 Å². The Kier molecular flexibility index (Phi) is 12.9. The fraction of sp³-hybridized carbons (Fsp3) is 0.704. The van der Waals surface area contributed by atoms with Gasteiger partial charge in [0.2, 0.25) is 0 Å². The summed E-state index contributed by atoms with van der Waals surface area (Å²) in [6, 6.07) is 20.8. The van der Waals surface area contributed by atoms with Crippen molar-refractivity contribution in [2.24, 2.45) is 39.6 Å². The second kappa shape index (κ2) is 17.1. The van der Waals surface area contributed by atoms with Gasteiger partial charge in [0, 0.05) is 30.6 Å². The van der Waals surface area contributed by atoms with Crippen molar-refractivity contribution >= 4 is 47.1 Å². The molecular formula is C54H81N3O8Si3. The number of carbonyl (C=O) groups excluding carboxylic acids is 2. The van der Waals surface area contributed by atoms with Crippen LogP contribution in [-0.2, 0) is 37.1 Å². The van der Waals surface area contributed by atoms with Gasteiger partial charge in [-0.15, -0.1) is 0 Å². The van der Waals surface area contributed by atoms with E-state index < -0.39 is 77.6 Å². The first-order valence-corrected chi connectivity index (χ1v) is 33.6. The smallest absolute Gasteiger partial charge is 0.302 e. The highest BCUT2D eigenvalue weighted by Gasteiger charge is 2.81. The highest BCUT2D eigenvalue weighted by molar-refractivity contribution is 6.99. The molecule has 5 fully saturated rings. The minimum Gasteiger partial charge on any atom is -0.462 e. The largest absolute Gasteiger partial charge is 0.462 e. The van der Waals surface area contributed by atoms with Gasteiger partial charge in [-0.1, -0.05) is 133 Å². The van der Waals surface area contributed by atoms with Gasteiger partial charge >= 0.3 is 5.97 Å². The van der Waals surface area contributed by atoms with Crippen molar-refractivity contribution in [3.05, 3.63) is 82.8 Å². The van der Waals surface area contributed by atoms with Crippen LogP contribution in [0.1, 0.15) is 115 Å². The van der Waals surface area contributed by atoms with Gasteiger partial charge in [0.25, 0.3) is 8.32 Å². The number of esters is 1. The average Bonchev–Trinajstić information content (AvgIpc) is 3.74. The van der Waals surface area contributed by atoms with Crippen molar-refractivity contribution in [3.63, 3.8) is 0 Å². The van der Waals surface area contributed by atoms with Crippen LogP contribution in [0.4, 0.5) is 0 Å². The van der Waals surface area contributed by atoms with Gasteiger partial charge in [-0.25, -0.2) is 0 Å². The number of hydrogen-bond acceptors (Lipinski definition) is 9. The van der Waals surface area contributed by atoms with E-state index in [4.69, 9.17) is 27.5 Å². The molecule has 8 rings (SSSR count). The zero-order chi connectivity index (χ0) is 49.9. The molecule has 0 amide bonds. The van der Waals surface area contributed by atoms with E-state index in [0.29, 0.717) is 32.3 Å². The maximum atomic E-state index is 13.5. The van der Waals surface area contributed by atoms with Crippen molar-refractivity contribution < 1.29 is 37.1 Å². The molecule has 2 aliphatic heterocycles. The Bertz CT molecular complexity index is 2300. The lowest BCUT2D eigenvalue weighted by molar-refractivity contribution is -0.277. The molecule has 1 spiro atoms. The summed E-state index contributed by atoms with van der Waals surface area (Å²) in [5.74, 6) is -1.59. The number of ether oxygens (including phenoxy) is 3. The fourth-order valence-electron chi connectivity index (χ4n) is 14.4. The molecule has 11 nitrogen and oxygen atoms in total. The molecule has 2 saturated heterocycles. The highest BCUT2D eigenvalue weighted by Crippen LogP contribution is 2.73. The summed E-state index contributed by atoms with van der Waals surface area (Å²) in [5.41, 5.74) is 7.79. The summed E-state index contributed by atoms with van der Waals surface area (Å²) in [7, 11) is -7.90. The van der Waals surface area contributed by atoms with Crippen LogP contribution in [0.25, 0.3) is 10.4 Å². The first-order chi connectivity index (χ1) is 31.4. The minimum absolute atomic E-state index is 0.0283. The molecule has 2 aromatic rings. The number of hydrogen-bond donors (Lipinski definition) is 0. The summed E-state index contributed by atoms with van der Waals surface area (Å²) < 4.78 is 45.6. The first kappa shape index (κ1) is 51.4. The molecule has 4 aliphatic carbocycles. The van der Waals surface area contributed by atoms with Gasteiger partial charge in [-0.2, -0.15) is 0 Å². The molecule has 0 aromatic heterocycles. The monoisotopic (exact) mass is 984 g/mol. The maximum Gasteiger partial charge on any atom is 0.302 e. The van der Waals surface area contributed by atoms with Crippen LogP contribution in [0.15, 0.2) is 77.4 Å². The third kappa shape index (κ3) is 7.93. The molecule has 2 heterocycles. The second-order valence-corrected chi connectivity index (χ2v) is 39.3. The van der Waals surface area contributed by atoms with Crippen molar-refractivity contribution in [1.82, 2.24) is 0 Å². The average molecular weight is 985 g/mol. The lowest BCUT2D eigenvalue weighted by atomic mass is 9.44. The van der Waals surface area contributed by atoms with Crippen LogP contribution in [0.2, 0.25) is 42.8 Å². The highest BCUT2D eigenvalue weighted by atomic mass is 28.4. The molecule has 68 heavy (non-hydrogen) atoms. The number of ketones is 1. The predicted molar refractivity (Wildman–Crippen MR) is 275 cm³/mol. The van der Waals surface area contributed by atoms with Crippen LogP contribution in [0.5, 0.6) is 0 Å². The molecular weight excluding hydrogens is 903 g/mol. The van der Waals surface area contributed by atoms with Crippen molar-refractivity contribution in [3.8, 4) is 0 Å². The van der Waals surface area contributed by atoms with Crippen LogP contribution in [0.3, 0.4) is 0 Å². The van der Waals surface area contributed by atoms with E-state index in [1.54, 1.807) is 0 Å². The summed E-state index contributed by atoms with van der Waals surface area (Å²) in [4.78, 5) is 30.0. The quantitative estimate of drug-likeness (QED) is 0.0542. The third-order valence-electron chi connectivity index (χ3n) is 18.5. The summed E-state index contributed by atoms with van der Waals surface area (Å²) >= 11 is 0. The van der Waals surface area contributed by atoms with Gasteiger partial charge < -0.3 is 27.5 Å². The number of azide groups is 1. The Labute approximate surface area is 410 Å². The SMILES string of the molecule is CC(=O)O[C@@H]1C[C@H]2[C@@H](CC[C@H]3CC(=O)[C@H](N=[N+]=[N-])C[C@@]32C)C2=C[C@@H]3O[C@]4(O[C@](C)(CO[Si](c5ccccc5)(c5ccccc5)C(C)(C)C)C[C@H]4O[Si](C)(C)C(C)(C)C)[C@@H](C)[C@]3(O[Si](C)(C)C)[C@]21C. The maximum absolute atomic E-state index is 13.5. The van der Waals surface area contributed by atoms with Crippen molar-refractivity contribution in [2.75, 3.05) is 6.61 Å². The second-order valence-electron chi connectivity index (χ2n) is 25.8. The summed E-state index contributed by atoms with van der Waals surface area (Å²) in [5, 5.41) is 6.11. The molecule has 0 N–H and O–H groups in total. The van der Waals surface area contributed by atoms with Crippen LogP contribution >= 0.6 is 0 Å². The molecule has 6 aliphatic rings. The Hall–Kier alpha value is -2.92. The number of carbonyl (C=O) groups is 2. The lowest BCUT2D eigenvalue weighted by Gasteiger charge is -2.63. The number of Topliss-reactive ketones (excluding diaryl/α,β-unsaturated/α-hetero) is 1. The Morgan fingerprint density at radius 1 is 0.882 bits per heavy atom. The van der Waals surface area contributed by atoms with Crippen LogP contribution in [-0.4, -0.2) is 84.7 Å². The number of nitrogens with zero attached hydrogens (tertiary/aromatic N) is 3. The van der Waals surface area contributed by atoms with E-state index >= 15 is 0 Å². The Morgan fingerprint density at radius 2 is 1.49 bits per heavy atom. The van der Waals surface area contributed by atoms with Crippen LogP contribution < -0.4 is 10.4 Å². The van der Waals surface area contributed by atoms with E-state index in [0.717, 1.165) is 12.8 Å². The van der Waals surface area contributed by atoms with Crippen molar-refractivity contribution in [1.29, 1.82) is 0 Å². The van der Waals surface area contributed by atoms with Crippen LogP contribution in [0, 0.1) is 34.5 Å². The number of fused-ring (bicyclic) bond motifs is 7. The van der Waals surface area contributed by atoms with E-state index in [2.05, 4.69) is 179 Å². The lowest BCUT2D eigenvalue weighted by Crippen LogP contribution is -2.68. The predicted octanol–water partition coefficient (Wildman–Crippen LogP) is 11.4. The van der Waals surface area contributed by atoms with Crippen molar-refractivity contribution in [2.45, 2.75) is 199 Å². The summed E-state index contributed by atoms with van der Waals surface area (Å²) in [6.07, 6.45) is 4.61. The van der Waals surface area contributed by atoms with Gasteiger partial charge in [0.15, 0.2) is 22.4 Å². The molecule has 13 atom stereocenters. The van der Waals surface area contributed by atoms with E-state index in [-0.39, 0.29) is 45.0 Å². The molecule has 3 saturated carbocycles. The molecule has 0 bridgehead atoms. The minimum atomic E-state index is -2.98. The van der Waals surface area contributed by atoms with E-state index in [9.17, 15) is 15.1 Å². The zero-order valence-corrected chi connectivity index (χ0v) is 47.0. The third-order valence-corrected chi connectivity index (χ3v) is 28.9. The standard InChI is InChI=1S/C54H81N3O8Si3/c1-35-53(65-66(12,13)14)46(31-42-40-28-27-37-29-44(59)43(56-57-55)32-51(37,10)41(40)30-45(52(42,53)11)61-36(2)58)62-54(35)47(63-67(15,16)48(3,4)5)33-50(9,64-54)34-60-68(49(6,7)8,38-23-19-17-20-24-38)39-25-21-18-22-26-39/h17-26,31,35,37,40-41,43,45-47H,27-30,32-34H2,1-16H3/t35-,37-,40+,41-,43+,45+,46-,47+,50-,51-,52+,53+,54-/m0/s1. The number of rotatable bonds is 11. The van der Waals surface area contributed by atoms with Gasteiger partial charge in [-0.05, 0) is 121 Å². The Morgan fingerprint density at radius 3 is 2.01 bits per heavy atom. The molecule has 2 aromatic carbocycles. The molecule has 0 unspecified atom stereocenters. The van der Waals surface area contributed by atoms with Gasteiger partial charge in [-0.3, -0.25) is 9.59 Å². The van der Waals surface area contributed by atoms with Gasteiger partial charge in [0.1, 0.15) is 29.7 Å². The number of benzene rings is 2.